The molecule has 5 nitrogen and oxygen atoms in total. The molecule has 1 saturated heterocycles. The summed E-state index contributed by atoms with van der Waals surface area (Å²) >= 11 is 7.25. The van der Waals surface area contributed by atoms with Gasteiger partial charge in [0.1, 0.15) is 0 Å². The number of rotatable bonds is 3. The second kappa shape index (κ2) is 7.18. The number of hydrogen-bond donors (Lipinski definition) is 1. The van der Waals surface area contributed by atoms with Crippen molar-refractivity contribution in [3.05, 3.63) is 93.4 Å². The van der Waals surface area contributed by atoms with Crippen LogP contribution in [-0.4, -0.2) is 19.0 Å². The Hall–Kier alpha value is -1.76. The van der Waals surface area contributed by atoms with Crippen LogP contribution in [0.3, 0.4) is 0 Å². The third kappa shape index (κ3) is 2.95. The van der Waals surface area contributed by atoms with E-state index in [0.29, 0.717) is 13.2 Å². The van der Waals surface area contributed by atoms with E-state index in [0.717, 1.165) is 31.3 Å². The van der Waals surface area contributed by atoms with Crippen molar-refractivity contribution in [2.75, 3.05) is 18.0 Å². The average Bonchev–Trinajstić information content (AvgIpc) is 3.34. The average molecular weight is 535 g/mol. The molecule has 148 valence electrons. The van der Waals surface area contributed by atoms with Gasteiger partial charge in [0.25, 0.3) is 0 Å². The van der Waals surface area contributed by atoms with E-state index in [1.165, 1.54) is 0 Å². The first-order valence-electron chi connectivity index (χ1n) is 9.17. The molecule has 3 aromatic carbocycles. The Morgan fingerprint density at radius 3 is 2.17 bits per heavy atom. The van der Waals surface area contributed by atoms with Gasteiger partial charge < -0.3 is 0 Å². The molecule has 5 rings (SSSR count). The fourth-order valence-electron chi connectivity index (χ4n) is 3.67. The van der Waals surface area contributed by atoms with Gasteiger partial charge in [-0.25, -0.2) is 0 Å². The van der Waals surface area contributed by atoms with Gasteiger partial charge >= 0.3 is 187 Å². The number of benzene rings is 3. The van der Waals surface area contributed by atoms with Crippen LogP contribution in [-0.2, 0) is 9.05 Å². The van der Waals surface area contributed by atoms with E-state index in [1.54, 1.807) is 0 Å². The maximum absolute atomic E-state index is 6.53. The molecular weight excluding hydrogens is 517 g/mol. The van der Waals surface area contributed by atoms with Crippen molar-refractivity contribution in [1.29, 1.82) is 0 Å². The van der Waals surface area contributed by atoms with E-state index in [2.05, 4.69) is 37.3 Å². The Balaban J connectivity index is 1.78. The quantitative estimate of drug-likeness (QED) is 0.446. The van der Waals surface area contributed by atoms with E-state index in [-0.39, 0.29) is 0 Å². The zero-order valence-electron chi connectivity index (χ0n) is 15.3. The number of anilines is 1. The number of amidine groups is 1. The summed E-state index contributed by atoms with van der Waals surface area (Å²) < 4.78 is 22.1. The SMILES string of the molecule is Brc1ccc(N2NC(c3ccccc3)=NP23(c2ccccc2)OCCO3)c(Br)c1. The van der Waals surface area contributed by atoms with Gasteiger partial charge in [0.05, 0.1) is 0 Å². The number of hydrogen-bond acceptors (Lipinski definition) is 5. The minimum atomic E-state index is -3.80. The van der Waals surface area contributed by atoms with E-state index in [9.17, 15) is 0 Å². The Kier molecular flexibility index (Phi) is 4.76. The standard InChI is InChI=1S/C21H18Br2N3O2P/c22-17-11-12-20(19(23)15-17)26-24-21(16-7-3-1-4-8-16)25-29(26,27-13-14-28-29)18-9-5-2-6-10-18/h1-12,15H,13-14H2,(H,24,25). The van der Waals surface area contributed by atoms with Crippen LogP contribution in [0.15, 0.2) is 92.6 Å². The van der Waals surface area contributed by atoms with Gasteiger partial charge in [0.15, 0.2) is 0 Å². The summed E-state index contributed by atoms with van der Waals surface area (Å²) in [7, 11) is -3.80. The molecule has 8 heteroatoms. The Morgan fingerprint density at radius 1 is 0.862 bits per heavy atom. The summed E-state index contributed by atoms with van der Waals surface area (Å²) in [6.07, 6.45) is 0. The molecule has 0 atom stereocenters. The van der Waals surface area contributed by atoms with E-state index in [1.807, 2.05) is 83.6 Å². The number of halogens is 2. The van der Waals surface area contributed by atoms with Gasteiger partial charge in [0.2, 0.25) is 0 Å². The van der Waals surface area contributed by atoms with Crippen molar-refractivity contribution in [1.82, 2.24) is 5.43 Å². The topological polar surface area (TPSA) is 46.1 Å². The maximum atomic E-state index is 6.53. The van der Waals surface area contributed by atoms with Gasteiger partial charge in [-0.05, 0) is 0 Å². The minimum absolute atomic E-state index is 0.477. The summed E-state index contributed by atoms with van der Waals surface area (Å²) in [5.41, 5.74) is 5.37. The van der Waals surface area contributed by atoms with Crippen molar-refractivity contribution < 1.29 is 9.05 Å². The summed E-state index contributed by atoms with van der Waals surface area (Å²) in [6.45, 7) is 0.954. The van der Waals surface area contributed by atoms with Gasteiger partial charge in [-0.2, -0.15) is 0 Å². The fraction of sp³-hybridized carbons (Fsp3) is 0.0952. The van der Waals surface area contributed by atoms with Crippen LogP contribution in [0.2, 0.25) is 0 Å². The summed E-state index contributed by atoms with van der Waals surface area (Å²) in [5.74, 6) is 0.726. The first kappa shape index (κ1) is 19.2. The van der Waals surface area contributed by atoms with Crippen molar-refractivity contribution in [2.24, 2.45) is 4.76 Å². The monoisotopic (exact) mass is 533 g/mol. The Labute approximate surface area is 186 Å². The van der Waals surface area contributed by atoms with Crippen LogP contribution >= 0.6 is 39.2 Å². The third-order valence-corrected chi connectivity index (χ3v) is 10.1. The molecule has 0 amide bonds. The van der Waals surface area contributed by atoms with Crippen LogP contribution in [0.1, 0.15) is 5.56 Å². The van der Waals surface area contributed by atoms with Crippen molar-refractivity contribution >= 4 is 56.0 Å². The first-order chi connectivity index (χ1) is 14.1. The number of nitrogens with zero attached hydrogens (tertiary/aromatic N) is 2. The van der Waals surface area contributed by atoms with Crippen LogP contribution in [0.5, 0.6) is 0 Å². The third-order valence-electron chi connectivity index (χ3n) is 4.96. The van der Waals surface area contributed by atoms with E-state index in [4.69, 9.17) is 13.8 Å². The molecule has 1 N–H and O–H groups in total. The second-order valence-electron chi connectivity index (χ2n) is 6.71. The Bertz CT molecular complexity index is 1090. The molecule has 0 aliphatic carbocycles. The summed E-state index contributed by atoms with van der Waals surface area (Å²) in [6, 6.07) is 26.1. The molecule has 0 bridgehead atoms. The predicted octanol–water partition coefficient (Wildman–Crippen LogP) is 5.57. The molecule has 2 aliphatic heterocycles. The number of hydrazine groups is 1. The molecule has 2 heterocycles. The van der Waals surface area contributed by atoms with Crippen LogP contribution in [0.4, 0.5) is 5.69 Å². The molecule has 2 aliphatic rings. The molecule has 0 aromatic heterocycles. The zero-order chi connectivity index (χ0) is 19.9. The molecule has 0 radical (unpaired) electrons. The van der Waals surface area contributed by atoms with Gasteiger partial charge in [-0.1, -0.05) is 0 Å². The molecule has 0 saturated carbocycles. The first-order valence-corrected chi connectivity index (χ1v) is 12.7. The van der Waals surface area contributed by atoms with Crippen molar-refractivity contribution in [2.45, 2.75) is 0 Å². The van der Waals surface area contributed by atoms with Gasteiger partial charge in [-0.3, -0.25) is 0 Å². The molecule has 29 heavy (non-hydrogen) atoms. The van der Waals surface area contributed by atoms with Gasteiger partial charge in [0, 0.05) is 0 Å². The predicted molar refractivity (Wildman–Crippen MR) is 125 cm³/mol. The van der Waals surface area contributed by atoms with Gasteiger partial charge in [-0.15, -0.1) is 0 Å². The molecule has 3 aromatic rings. The van der Waals surface area contributed by atoms with Crippen molar-refractivity contribution in [3.8, 4) is 0 Å². The van der Waals surface area contributed by atoms with Crippen LogP contribution < -0.4 is 15.5 Å². The molecule has 1 fully saturated rings. The fourth-order valence-corrected chi connectivity index (χ4v) is 9.02. The molecular formula is C21H18Br2N3O2P. The van der Waals surface area contributed by atoms with E-state index >= 15 is 0 Å². The Morgan fingerprint density at radius 2 is 1.52 bits per heavy atom. The van der Waals surface area contributed by atoms with Crippen LogP contribution in [0.25, 0.3) is 0 Å². The summed E-state index contributed by atoms with van der Waals surface area (Å²) in [5, 5.41) is 0.921. The van der Waals surface area contributed by atoms with Crippen LogP contribution in [0, 0.1) is 0 Å². The normalized spacial score (nSPS) is 20.7. The van der Waals surface area contributed by atoms with Crippen molar-refractivity contribution in [3.63, 3.8) is 0 Å². The molecule has 1 spiro atoms. The summed E-state index contributed by atoms with van der Waals surface area (Å²) in [4.78, 5) is 0. The number of nitrogens with one attached hydrogen (secondary N) is 1. The van der Waals surface area contributed by atoms with E-state index < -0.39 is 7.36 Å². The zero-order valence-corrected chi connectivity index (χ0v) is 19.4. The molecule has 0 unspecified atom stereocenters. The second-order valence-corrected chi connectivity index (χ2v) is 11.9.